The van der Waals surface area contributed by atoms with E-state index in [-0.39, 0.29) is 36.1 Å². The number of likely N-dealkylation sites (tertiary alicyclic amines) is 1. The molecule has 1 saturated carbocycles. The summed E-state index contributed by atoms with van der Waals surface area (Å²) in [6, 6.07) is 8.31. The van der Waals surface area contributed by atoms with Crippen LogP contribution in [0.5, 0.6) is 0 Å². The number of aryl methyl sites for hydroxylation is 1. The summed E-state index contributed by atoms with van der Waals surface area (Å²) in [6.07, 6.45) is 2.69. The van der Waals surface area contributed by atoms with Crippen LogP contribution in [0.1, 0.15) is 36.3 Å². The maximum absolute atomic E-state index is 12.8. The van der Waals surface area contributed by atoms with Crippen LogP contribution in [0.25, 0.3) is 0 Å². The summed E-state index contributed by atoms with van der Waals surface area (Å²) in [5, 5.41) is 2.85. The predicted octanol–water partition coefficient (Wildman–Crippen LogP) is 1.83. The molecule has 0 spiro atoms. The van der Waals surface area contributed by atoms with E-state index >= 15 is 0 Å². The zero-order valence-electron chi connectivity index (χ0n) is 14.7. The molecule has 25 heavy (non-hydrogen) atoms. The molecule has 3 N–H and O–H groups in total. The van der Waals surface area contributed by atoms with Crippen LogP contribution < -0.4 is 11.1 Å². The zero-order chi connectivity index (χ0) is 17.1. The first-order chi connectivity index (χ1) is 11.6. The molecule has 2 fully saturated rings. The topological polar surface area (TPSA) is 75.4 Å². The monoisotopic (exact) mass is 365 g/mol. The highest BCUT2D eigenvalue weighted by Gasteiger charge is 2.47. The number of hydrogen-bond acceptors (Lipinski definition) is 3. The van der Waals surface area contributed by atoms with Gasteiger partial charge in [-0.3, -0.25) is 9.59 Å². The van der Waals surface area contributed by atoms with Crippen LogP contribution in [-0.4, -0.2) is 42.9 Å². The number of benzene rings is 1. The van der Waals surface area contributed by atoms with E-state index in [4.69, 9.17) is 5.73 Å². The van der Waals surface area contributed by atoms with Crippen molar-refractivity contribution in [2.45, 2.75) is 32.1 Å². The van der Waals surface area contributed by atoms with Gasteiger partial charge in [-0.15, -0.1) is 12.4 Å². The van der Waals surface area contributed by atoms with Crippen molar-refractivity contribution in [3.05, 3.63) is 35.4 Å². The largest absolute Gasteiger partial charge is 0.355 e. The van der Waals surface area contributed by atoms with E-state index in [0.29, 0.717) is 25.6 Å². The number of hydrogen-bond donors (Lipinski definition) is 2. The second kappa shape index (κ2) is 8.68. The highest BCUT2D eigenvalue weighted by Crippen LogP contribution is 2.49. The van der Waals surface area contributed by atoms with Crippen molar-refractivity contribution in [3.63, 3.8) is 0 Å². The molecular weight excluding hydrogens is 338 g/mol. The third-order valence-electron chi connectivity index (χ3n) is 5.24. The molecule has 1 aromatic carbocycles. The Hall–Kier alpha value is -1.59. The Morgan fingerprint density at radius 3 is 2.80 bits per heavy atom. The molecule has 5 nitrogen and oxygen atoms in total. The Labute approximate surface area is 155 Å². The molecule has 0 radical (unpaired) electrons. The number of halogens is 1. The van der Waals surface area contributed by atoms with Crippen LogP contribution >= 0.6 is 12.4 Å². The molecule has 1 aliphatic heterocycles. The fourth-order valence-electron chi connectivity index (χ4n) is 3.78. The van der Waals surface area contributed by atoms with Crippen molar-refractivity contribution < 1.29 is 9.59 Å². The lowest BCUT2D eigenvalue weighted by molar-refractivity contribution is -0.136. The van der Waals surface area contributed by atoms with Gasteiger partial charge in [-0.1, -0.05) is 24.3 Å². The zero-order valence-corrected chi connectivity index (χ0v) is 15.6. The normalized spacial score (nSPS) is 25.0. The van der Waals surface area contributed by atoms with E-state index in [9.17, 15) is 9.59 Å². The van der Waals surface area contributed by atoms with Gasteiger partial charge in [0, 0.05) is 32.1 Å². The maximum atomic E-state index is 12.8. The van der Waals surface area contributed by atoms with Gasteiger partial charge in [0.1, 0.15) is 0 Å². The lowest BCUT2D eigenvalue weighted by Crippen LogP contribution is -2.46. The number of carbonyl (C=O) groups excluding carboxylic acids is 2. The first-order valence-electron chi connectivity index (χ1n) is 8.94. The van der Waals surface area contributed by atoms with Gasteiger partial charge in [0.05, 0.1) is 5.92 Å². The second-order valence-electron chi connectivity index (χ2n) is 7.01. The summed E-state index contributed by atoms with van der Waals surface area (Å²) in [7, 11) is 0. The minimum absolute atomic E-state index is 0. The van der Waals surface area contributed by atoms with Crippen molar-refractivity contribution in [1.29, 1.82) is 0 Å². The lowest BCUT2D eigenvalue weighted by atomic mass is 9.96. The summed E-state index contributed by atoms with van der Waals surface area (Å²) in [4.78, 5) is 26.9. The smallest absolute Gasteiger partial charge is 0.226 e. The maximum Gasteiger partial charge on any atom is 0.226 e. The van der Waals surface area contributed by atoms with E-state index in [0.717, 1.165) is 25.8 Å². The van der Waals surface area contributed by atoms with Crippen molar-refractivity contribution in [3.8, 4) is 0 Å². The van der Waals surface area contributed by atoms with Crippen molar-refractivity contribution in [1.82, 2.24) is 10.2 Å². The molecule has 1 heterocycles. The molecule has 0 aromatic heterocycles. The Balaban J connectivity index is 0.00000225. The summed E-state index contributed by atoms with van der Waals surface area (Å²) >= 11 is 0. The fourth-order valence-corrected chi connectivity index (χ4v) is 3.78. The molecule has 1 saturated heterocycles. The average Bonchev–Trinajstić information content (AvgIpc) is 3.40. The van der Waals surface area contributed by atoms with Crippen molar-refractivity contribution >= 4 is 24.2 Å². The number of piperidine rings is 1. The molecule has 2 aliphatic rings. The lowest BCUT2D eigenvalue weighted by Gasteiger charge is -2.32. The van der Waals surface area contributed by atoms with Crippen LogP contribution in [0.2, 0.25) is 0 Å². The third-order valence-corrected chi connectivity index (χ3v) is 5.24. The number of amides is 2. The minimum atomic E-state index is -0.0927. The van der Waals surface area contributed by atoms with Gasteiger partial charge in [0.25, 0.3) is 0 Å². The minimum Gasteiger partial charge on any atom is -0.355 e. The van der Waals surface area contributed by atoms with E-state index in [1.165, 1.54) is 11.1 Å². The molecular formula is C19H28ClN3O2. The van der Waals surface area contributed by atoms with Crippen LogP contribution in [0.4, 0.5) is 0 Å². The van der Waals surface area contributed by atoms with E-state index in [1.54, 1.807) is 0 Å². The van der Waals surface area contributed by atoms with Crippen LogP contribution in [-0.2, 0) is 9.59 Å². The van der Waals surface area contributed by atoms with Crippen LogP contribution in [0, 0.1) is 18.8 Å². The van der Waals surface area contributed by atoms with E-state index in [2.05, 4.69) is 24.4 Å². The van der Waals surface area contributed by atoms with Crippen molar-refractivity contribution in [2.75, 3.05) is 26.2 Å². The second-order valence-corrected chi connectivity index (χ2v) is 7.01. The van der Waals surface area contributed by atoms with Gasteiger partial charge < -0.3 is 16.0 Å². The summed E-state index contributed by atoms with van der Waals surface area (Å²) < 4.78 is 0. The molecule has 3 unspecified atom stereocenters. The van der Waals surface area contributed by atoms with Gasteiger partial charge in [-0.25, -0.2) is 0 Å². The molecule has 1 aromatic rings. The van der Waals surface area contributed by atoms with Crippen molar-refractivity contribution in [2.24, 2.45) is 17.6 Å². The number of rotatable bonds is 5. The summed E-state index contributed by atoms with van der Waals surface area (Å²) in [5.74, 6) is 0.607. The molecule has 1 aliphatic carbocycles. The molecule has 2 amide bonds. The average molecular weight is 366 g/mol. The quantitative estimate of drug-likeness (QED) is 0.835. The Kier molecular flexibility index (Phi) is 6.85. The van der Waals surface area contributed by atoms with Gasteiger partial charge in [0.2, 0.25) is 11.8 Å². The molecule has 6 heteroatoms. The molecule has 138 valence electrons. The fraction of sp³-hybridized carbons (Fsp3) is 0.579. The first kappa shape index (κ1) is 19.7. The van der Waals surface area contributed by atoms with E-state index < -0.39 is 0 Å². The Bertz CT molecular complexity index is 622. The summed E-state index contributed by atoms with van der Waals surface area (Å²) in [5.41, 5.74) is 7.99. The van der Waals surface area contributed by atoms with Gasteiger partial charge in [-0.05, 0) is 43.2 Å². The van der Waals surface area contributed by atoms with Crippen LogP contribution in [0.3, 0.4) is 0 Å². The SMILES string of the molecule is Cc1ccccc1C1CC1C(=O)N1CCCC(C(=O)NCCN)C1.Cl. The number of nitrogens with zero attached hydrogens (tertiary/aromatic N) is 1. The molecule has 3 atom stereocenters. The number of nitrogens with two attached hydrogens (primary N) is 1. The highest BCUT2D eigenvalue weighted by molar-refractivity contribution is 5.85. The third kappa shape index (κ3) is 4.53. The summed E-state index contributed by atoms with van der Waals surface area (Å²) in [6.45, 7) is 4.37. The van der Waals surface area contributed by atoms with E-state index in [1.807, 2.05) is 17.0 Å². The Morgan fingerprint density at radius 1 is 1.32 bits per heavy atom. The van der Waals surface area contributed by atoms with Crippen LogP contribution in [0.15, 0.2) is 24.3 Å². The van der Waals surface area contributed by atoms with Gasteiger partial charge in [-0.2, -0.15) is 0 Å². The predicted molar refractivity (Wildman–Crippen MR) is 101 cm³/mol. The van der Waals surface area contributed by atoms with Gasteiger partial charge in [0.15, 0.2) is 0 Å². The number of nitrogens with one attached hydrogen (secondary N) is 1. The molecule has 0 bridgehead atoms. The Morgan fingerprint density at radius 2 is 2.08 bits per heavy atom. The first-order valence-corrected chi connectivity index (χ1v) is 8.94. The number of carbonyl (C=O) groups is 2. The standard InChI is InChI=1S/C19H27N3O2.ClH/c1-13-5-2-3-7-15(13)16-11-17(16)19(24)22-10-4-6-14(12-22)18(23)21-9-8-20;/h2-3,5,7,14,16-17H,4,6,8-12,20H2,1H3,(H,21,23);1H. The molecule has 3 rings (SSSR count). The van der Waals surface area contributed by atoms with Gasteiger partial charge >= 0.3 is 0 Å². The highest BCUT2D eigenvalue weighted by atomic mass is 35.5.